The van der Waals surface area contributed by atoms with Crippen LogP contribution < -0.4 is 10.6 Å². The molecule has 0 bridgehead atoms. The van der Waals surface area contributed by atoms with Crippen LogP contribution in [0.1, 0.15) is 33.1 Å². The van der Waals surface area contributed by atoms with Gasteiger partial charge in [0.2, 0.25) is 0 Å². The van der Waals surface area contributed by atoms with Gasteiger partial charge in [0.25, 0.3) is 0 Å². The Morgan fingerprint density at radius 1 is 1.35 bits per heavy atom. The zero-order valence-corrected chi connectivity index (χ0v) is 15.4. The van der Waals surface area contributed by atoms with Gasteiger partial charge in [-0.2, -0.15) is 0 Å². The van der Waals surface area contributed by atoms with Gasteiger partial charge in [0.1, 0.15) is 5.82 Å². The van der Waals surface area contributed by atoms with Crippen molar-refractivity contribution in [2.24, 2.45) is 0 Å². The Hall–Kier alpha value is -0.690. The van der Waals surface area contributed by atoms with Crippen LogP contribution in [0, 0.1) is 5.82 Å². The average molecular weight is 389 g/mol. The van der Waals surface area contributed by atoms with Crippen molar-refractivity contribution in [3.63, 3.8) is 0 Å². The fourth-order valence-electron chi connectivity index (χ4n) is 2.51. The molecule has 130 valence electrons. The Balaban J connectivity index is 1.63. The second-order valence-electron chi connectivity index (χ2n) is 6.40. The molecular formula is C17H26BrFN2O2. The van der Waals surface area contributed by atoms with Crippen molar-refractivity contribution >= 4 is 21.6 Å². The Labute approximate surface area is 146 Å². The SMILES string of the molecule is CC(C)(CNCCNc1ccc(Br)cc1F)OC1CCCCO1. The van der Waals surface area contributed by atoms with E-state index >= 15 is 0 Å². The van der Waals surface area contributed by atoms with E-state index in [9.17, 15) is 4.39 Å². The van der Waals surface area contributed by atoms with Crippen LogP contribution in [-0.4, -0.2) is 38.1 Å². The first-order valence-corrected chi connectivity index (χ1v) is 8.95. The molecular weight excluding hydrogens is 363 g/mol. The van der Waals surface area contributed by atoms with Gasteiger partial charge in [-0.15, -0.1) is 0 Å². The van der Waals surface area contributed by atoms with Crippen LogP contribution >= 0.6 is 15.9 Å². The van der Waals surface area contributed by atoms with Gasteiger partial charge in [0.15, 0.2) is 6.29 Å². The number of nitrogens with one attached hydrogen (secondary N) is 2. The smallest absolute Gasteiger partial charge is 0.158 e. The molecule has 6 heteroatoms. The third-order valence-corrected chi connectivity index (χ3v) is 4.18. The van der Waals surface area contributed by atoms with E-state index in [0.717, 1.165) is 43.4 Å². The maximum atomic E-state index is 13.7. The first-order chi connectivity index (χ1) is 11.0. The summed E-state index contributed by atoms with van der Waals surface area (Å²) in [6, 6.07) is 5.00. The number of anilines is 1. The van der Waals surface area contributed by atoms with E-state index in [0.29, 0.717) is 12.2 Å². The van der Waals surface area contributed by atoms with E-state index in [4.69, 9.17) is 9.47 Å². The molecule has 4 nitrogen and oxygen atoms in total. The van der Waals surface area contributed by atoms with E-state index in [-0.39, 0.29) is 17.7 Å². The highest BCUT2D eigenvalue weighted by Crippen LogP contribution is 2.20. The zero-order chi connectivity index (χ0) is 16.7. The lowest BCUT2D eigenvalue weighted by atomic mass is 10.1. The van der Waals surface area contributed by atoms with Crippen molar-refractivity contribution < 1.29 is 13.9 Å². The lowest BCUT2D eigenvalue weighted by Gasteiger charge is -2.33. The fraction of sp³-hybridized carbons (Fsp3) is 0.647. The van der Waals surface area contributed by atoms with Gasteiger partial charge in [0, 0.05) is 30.7 Å². The molecule has 1 fully saturated rings. The first-order valence-electron chi connectivity index (χ1n) is 8.15. The molecule has 2 N–H and O–H groups in total. The topological polar surface area (TPSA) is 42.5 Å². The van der Waals surface area contributed by atoms with Crippen molar-refractivity contribution in [1.82, 2.24) is 5.32 Å². The number of ether oxygens (including phenoxy) is 2. The molecule has 2 rings (SSSR count). The van der Waals surface area contributed by atoms with E-state index in [1.807, 2.05) is 6.07 Å². The van der Waals surface area contributed by atoms with Crippen molar-refractivity contribution in [3.8, 4) is 0 Å². The summed E-state index contributed by atoms with van der Waals surface area (Å²) >= 11 is 3.25. The van der Waals surface area contributed by atoms with Crippen molar-refractivity contribution in [2.75, 3.05) is 31.6 Å². The molecule has 0 aliphatic carbocycles. The molecule has 1 aromatic carbocycles. The summed E-state index contributed by atoms with van der Waals surface area (Å²) in [5, 5.41) is 6.43. The minimum atomic E-state index is -0.287. The predicted octanol–water partition coefficient (Wildman–Crippen LogP) is 3.91. The van der Waals surface area contributed by atoms with Crippen LogP contribution in [0.25, 0.3) is 0 Å². The summed E-state index contributed by atoms with van der Waals surface area (Å²) in [4.78, 5) is 0. The summed E-state index contributed by atoms with van der Waals surface area (Å²) in [6.07, 6.45) is 3.16. The highest BCUT2D eigenvalue weighted by Gasteiger charge is 2.25. The predicted molar refractivity (Wildman–Crippen MR) is 94.2 cm³/mol. The minimum Gasteiger partial charge on any atom is -0.381 e. The molecule has 0 amide bonds. The fourth-order valence-corrected chi connectivity index (χ4v) is 2.84. The van der Waals surface area contributed by atoms with Gasteiger partial charge in [-0.3, -0.25) is 0 Å². The molecule has 0 spiro atoms. The lowest BCUT2D eigenvalue weighted by molar-refractivity contribution is -0.213. The molecule has 1 saturated heterocycles. The summed E-state index contributed by atoms with van der Waals surface area (Å²) in [7, 11) is 0. The maximum absolute atomic E-state index is 13.7. The number of hydrogen-bond acceptors (Lipinski definition) is 4. The maximum Gasteiger partial charge on any atom is 0.158 e. The van der Waals surface area contributed by atoms with Gasteiger partial charge in [0.05, 0.1) is 11.3 Å². The van der Waals surface area contributed by atoms with E-state index in [1.54, 1.807) is 6.07 Å². The van der Waals surface area contributed by atoms with Crippen LogP contribution in [-0.2, 0) is 9.47 Å². The van der Waals surface area contributed by atoms with E-state index < -0.39 is 0 Å². The van der Waals surface area contributed by atoms with Crippen LogP contribution in [0.15, 0.2) is 22.7 Å². The largest absolute Gasteiger partial charge is 0.381 e. The summed E-state index contributed by atoms with van der Waals surface area (Å²) in [6.45, 7) is 7.00. The van der Waals surface area contributed by atoms with E-state index in [1.165, 1.54) is 6.07 Å². The first kappa shape index (κ1) is 18.6. The van der Waals surface area contributed by atoms with Crippen molar-refractivity contribution in [1.29, 1.82) is 0 Å². The minimum absolute atomic E-state index is 0.0875. The monoisotopic (exact) mass is 388 g/mol. The molecule has 0 saturated carbocycles. The van der Waals surface area contributed by atoms with E-state index in [2.05, 4.69) is 40.4 Å². The lowest BCUT2D eigenvalue weighted by Crippen LogP contribution is -2.43. The standard InChI is InChI=1S/C17H26BrFN2O2/c1-17(2,23-16-5-3-4-10-22-16)12-20-8-9-21-15-7-6-13(18)11-14(15)19/h6-7,11,16,20-21H,3-5,8-10,12H2,1-2H3. The zero-order valence-electron chi connectivity index (χ0n) is 13.8. The second-order valence-corrected chi connectivity index (χ2v) is 7.32. The molecule has 1 aliphatic rings. The highest BCUT2D eigenvalue weighted by molar-refractivity contribution is 9.10. The Morgan fingerprint density at radius 3 is 2.87 bits per heavy atom. The summed E-state index contributed by atoms with van der Waals surface area (Å²) in [5.41, 5.74) is 0.228. The van der Waals surface area contributed by atoms with Crippen LogP contribution in [0.4, 0.5) is 10.1 Å². The number of benzene rings is 1. The van der Waals surface area contributed by atoms with Crippen molar-refractivity contribution in [2.45, 2.75) is 45.0 Å². The molecule has 0 aromatic heterocycles. The molecule has 1 aromatic rings. The number of hydrogen-bond donors (Lipinski definition) is 2. The van der Waals surface area contributed by atoms with Gasteiger partial charge >= 0.3 is 0 Å². The molecule has 1 unspecified atom stereocenters. The van der Waals surface area contributed by atoms with Crippen molar-refractivity contribution in [3.05, 3.63) is 28.5 Å². The second kappa shape index (κ2) is 8.97. The van der Waals surface area contributed by atoms with Gasteiger partial charge < -0.3 is 20.1 Å². The van der Waals surface area contributed by atoms with Gasteiger partial charge in [-0.25, -0.2) is 4.39 Å². The average Bonchev–Trinajstić information content (AvgIpc) is 2.49. The molecule has 1 atom stereocenters. The van der Waals surface area contributed by atoms with Gasteiger partial charge in [-0.1, -0.05) is 15.9 Å². The number of rotatable bonds is 8. The van der Waals surface area contributed by atoms with Crippen LogP contribution in [0.2, 0.25) is 0 Å². The quantitative estimate of drug-likeness (QED) is 0.662. The Kier molecular flexibility index (Phi) is 7.27. The third kappa shape index (κ3) is 6.75. The molecule has 1 aliphatic heterocycles. The summed E-state index contributed by atoms with van der Waals surface area (Å²) in [5.74, 6) is -0.252. The van der Waals surface area contributed by atoms with Crippen LogP contribution in [0.5, 0.6) is 0 Å². The highest BCUT2D eigenvalue weighted by atomic mass is 79.9. The molecule has 1 heterocycles. The van der Waals surface area contributed by atoms with Crippen LogP contribution in [0.3, 0.4) is 0 Å². The normalized spacial score (nSPS) is 18.9. The van der Waals surface area contributed by atoms with Gasteiger partial charge in [-0.05, 0) is 51.3 Å². The summed E-state index contributed by atoms with van der Waals surface area (Å²) < 4.78 is 26.0. The number of halogens is 2. The molecule has 23 heavy (non-hydrogen) atoms. The molecule has 0 radical (unpaired) electrons. The Bertz CT molecular complexity index is 493. The third-order valence-electron chi connectivity index (χ3n) is 3.69. The Morgan fingerprint density at radius 2 is 2.17 bits per heavy atom.